The molecule has 49 heavy (non-hydrogen) atoms. The molecule has 270 valence electrons. The molecule has 1 aliphatic heterocycles. The lowest BCUT2D eigenvalue weighted by atomic mass is 9.56. The normalized spacial score (nSPS) is 16.4. The molecule has 0 saturated carbocycles. The summed E-state index contributed by atoms with van der Waals surface area (Å²) >= 11 is 0. The van der Waals surface area contributed by atoms with Crippen LogP contribution in [0.15, 0.2) is 72.2 Å². The fourth-order valence-corrected chi connectivity index (χ4v) is 7.73. The molecule has 0 bridgehead atoms. The van der Waals surface area contributed by atoms with Crippen molar-refractivity contribution < 1.29 is 29.1 Å². The second kappa shape index (κ2) is 16.2. The quantitative estimate of drug-likeness (QED) is 0.144. The fourth-order valence-electron chi connectivity index (χ4n) is 7.73. The molecule has 0 aliphatic carbocycles. The van der Waals surface area contributed by atoms with Crippen molar-refractivity contribution in [3.63, 3.8) is 0 Å². The minimum Gasteiger partial charge on any atom is -0.465 e. The Morgan fingerprint density at radius 2 is 1.24 bits per heavy atom. The van der Waals surface area contributed by atoms with Crippen molar-refractivity contribution in [2.24, 2.45) is 10.8 Å². The van der Waals surface area contributed by atoms with Crippen LogP contribution in [0.25, 0.3) is 0 Å². The van der Waals surface area contributed by atoms with Crippen molar-refractivity contribution in [1.29, 1.82) is 0 Å². The molecule has 1 saturated heterocycles. The van der Waals surface area contributed by atoms with Crippen LogP contribution >= 0.6 is 0 Å². The van der Waals surface area contributed by atoms with E-state index in [0.717, 1.165) is 42.3 Å². The van der Waals surface area contributed by atoms with Crippen LogP contribution in [0, 0.1) is 10.8 Å². The van der Waals surface area contributed by atoms with Gasteiger partial charge in [-0.25, -0.2) is 9.59 Å². The molecule has 0 aromatic heterocycles. The van der Waals surface area contributed by atoms with Gasteiger partial charge in [-0.05, 0) is 93.6 Å². The number of amides is 2. The Labute approximate surface area is 296 Å². The topological polar surface area (TPSA) is 99.5 Å². The number of hydrogen-bond acceptors (Lipinski definition) is 4. The molecule has 8 nitrogen and oxygen atoms in total. The van der Waals surface area contributed by atoms with E-state index in [2.05, 4.69) is 59.8 Å². The van der Waals surface area contributed by atoms with Crippen molar-refractivity contribution in [3.05, 3.63) is 83.3 Å². The Bertz CT molecular complexity index is 1370. The van der Waals surface area contributed by atoms with Gasteiger partial charge in [0.25, 0.3) is 0 Å². The predicted molar refractivity (Wildman–Crippen MR) is 199 cm³/mol. The van der Waals surface area contributed by atoms with E-state index in [4.69, 9.17) is 9.31 Å². The van der Waals surface area contributed by atoms with E-state index in [1.165, 1.54) is 4.90 Å². The first-order valence-corrected chi connectivity index (χ1v) is 17.9. The van der Waals surface area contributed by atoms with E-state index in [-0.39, 0.29) is 10.8 Å². The molecular weight excluding hydrogens is 615 g/mol. The van der Waals surface area contributed by atoms with Gasteiger partial charge in [-0.3, -0.25) is 4.90 Å². The highest BCUT2D eigenvalue weighted by Crippen LogP contribution is 2.55. The van der Waals surface area contributed by atoms with Crippen LogP contribution in [-0.2, 0) is 21.4 Å². The first-order chi connectivity index (χ1) is 22.7. The Hall–Kier alpha value is -3.30. The smallest absolute Gasteiger partial charge is 0.465 e. The van der Waals surface area contributed by atoms with E-state index >= 15 is 0 Å². The molecule has 1 fully saturated rings. The largest absolute Gasteiger partial charge is 0.490 e. The second-order valence-electron chi connectivity index (χ2n) is 16.5. The summed E-state index contributed by atoms with van der Waals surface area (Å²) in [7, 11) is -0.479. The van der Waals surface area contributed by atoms with E-state index in [0.29, 0.717) is 32.5 Å². The van der Waals surface area contributed by atoms with Crippen molar-refractivity contribution in [2.45, 2.75) is 131 Å². The number of nitrogens with zero attached hydrogens (tertiary/aromatic N) is 2. The molecule has 0 unspecified atom stereocenters. The number of carbonyl (C=O) groups is 2. The van der Waals surface area contributed by atoms with Gasteiger partial charge in [-0.2, -0.15) is 0 Å². The summed E-state index contributed by atoms with van der Waals surface area (Å²) in [4.78, 5) is 28.2. The van der Waals surface area contributed by atoms with Crippen molar-refractivity contribution >= 4 is 19.3 Å². The highest BCUT2D eigenvalue weighted by Gasteiger charge is 2.57. The van der Waals surface area contributed by atoms with Crippen LogP contribution in [0.2, 0.25) is 0 Å². The second-order valence-corrected chi connectivity index (χ2v) is 16.5. The maximum Gasteiger partial charge on any atom is 0.490 e. The van der Waals surface area contributed by atoms with Gasteiger partial charge >= 0.3 is 19.3 Å². The third-order valence-corrected chi connectivity index (χ3v) is 10.4. The third-order valence-electron chi connectivity index (χ3n) is 10.4. The number of unbranched alkanes of at least 4 members (excludes halogenated alkanes) is 3. The van der Waals surface area contributed by atoms with Crippen molar-refractivity contribution in [3.8, 4) is 0 Å². The Balaban J connectivity index is 1.74. The molecule has 2 aromatic carbocycles. The first-order valence-electron chi connectivity index (χ1n) is 17.9. The predicted octanol–water partition coefficient (Wildman–Crippen LogP) is 10.0. The number of carboxylic acid groups (broad SMARTS) is 2. The van der Waals surface area contributed by atoms with Gasteiger partial charge in [-0.15, -0.1) is 0 Å². The van der Waals surface area contributed by atoms with E-state index in [9.17, 15) is 19.8 Å². The summed E-state index contributed by atoms with van der Waals surface area (Å²) in [5.74, 6) is 0. The Kier molecular flexibility index (Phi) is 13.2. The monoisotopic (exact) mass is 676 g/mol. The van der Waals surface area contributed by atoms with Crippen LogP contribution < -0.4 is 0 Å². The highest BCUT2D eigenvalue weighted by atomic mass is 16.7. The Morgan fingerprint density at radius 3 is 1.73 bits per heavy atom. The van der Waals surface area contributed by atoms with E-state index in [1.807, 2.05) is 76.2 Å². The zero-order chi connectivity index (χ0) is 36.7. The van der Waals surface area contributed by atoms with Gasteiger partial charge in [0.15, 0.2) is 0 Å². The minimum atomic E-state index is -0.921. The molecule has 2 aromatic rings. The van der Waals surface area contributed by atoms with E-state index < -0.39 is 36.0 Å². The maximum absolute atomic E-state index is 13.1. The van der Waals surface area contributed by atoms with Crippen molar-refractivity contribution in [2.75, 3.05) is 13.1 Å². The van der Waals surface area contributed by atoms with Crippen LogP contribution in [0.5, 0.6) is 0 Å². The zero-order valence-corrected chi connectivity index (χ0v) is 31.7. The molecule has 1 aliphatic rings. The number of benzene rings is 2. The lowest BCUT2D eigenvalue weighted by Crippen LogP contribution is -2.63. The summed E-state index contributed by atoms with van der Waals surface area (Å²) in [5, 5.41) is 20.5. The summed E-state index contributed by atoms with van der Waals surface area (Å²) in [6.07, 6.45) is 4.85. The average molecular weight is 677 g/mol. The van der Waals surface area contributed by atoms with Crippen LogP contribution in [0.1, 0.15) is 119 Å². The number of allylic oxidation sites excluding steroid dienone is 2. The fraction of sp³-hybridized carbons (Fsp3) is 0.600. The van der Waals surface area contributed by atoms with Gasteiger partial charge in [-0.1, -0.05) is 108 Å². The lowest BCUT2D eigenvalue weighted by molar-refractivity contribution is -0.0802. The molecule has 2 N–H and O–H groups in total. The van der Waals surface area contributed by atoms with Gasteiger partial charge in [0.1, 0.15) is 0 Å². The minimum absolute atomic E-state index is 0.361. The standard InChI is InChI=1S/C40H61BN2O6/c1-36(2,3)40(37(4,5)6,32-24-16-12-17-25-32)43(35(46)47)29-20-13-18-26-33(41-48-38(7,8)39(9,10)49-41)27-19-21-28-42(34(44)45)30-31-22-14-11-15-23-31/h11-12,14-17,22-26H,13,18-21,27-30H2,1-10H3,(H,44,45)(H,46,47). The van der Waals surface area contributed by atoms with Crippen LogP contribution in [0.4, 0.5) is 9.59 Å². The maximum atomic E-state index is 13.1. The molecule has 2 amide bonds. The molecule has 0 spiro atoms. The summed E-state index contributed by atoms with van der Waals surface area (Å²) in [6, 6.07) is 19.7. The summed E-state index contributed by atoms with van der Waals surface area (Å²) in [6.45, 7) is 22.2. The van der Waals surface area contributed by atoms with Gasteiger partial charge in [0.2, 0.25) is 0 Å². The van der Waals surface area contributed by atoms with Gasteiger partial charge < -0.3 is 24.4 Å². The van der Waals surface area contributed by atoms with Crippen LogP contribution in [0.3, 0.4) is 0 Å². The molecule has 0 radical (unpaired) electrons. The van der Waals surface area contributed by atoms with Gasteiger partial charge in [0, 0.05) is 19.6 Å². The highest BCUT2D eigenvalue weighted by molar-refractivity contribution is 6.54. The number of hydrogen-bond donors (Lipinski definition) is 2. The van der Waals surface area contributed by atoms with E-state index in [1.54, 1.807) is 4.90 Å². The molecule has 9 heteroatoms. The molecule has 3 rings (SSSR count). The summed E-state index contributed by atoms with van der Waals surface area (Å²) in [5.41, 5.74) is 0.548. The number of rotatable bonds is 15. The average Bonchev–Trinajstić information content (AvgIpc) is 3.22. The SMILES string of the molecule is CC(C)(C)C(c1ccccc1)(N(CCCCC=C(CCCCN(Cc1ccccc1)C(=O)O)B1OC(C)(C)C(C)(C)O1)C(=O)O)C(C)(C)C. The summed E-state index contributed by atoms with van der Waals surface area (Å²) < 4.78 is 12.9. The van der Waals surface area contributed by atoms with Crippen LogP contribution in [-0.4, -0.2) is 63.6 Å². The Morgan fingerprint density at radius 1 is 0.735 bits per heavy atom. The lowest BCUT2D eigenvalue weighted by Gasteiger charge is -2.59. The van der Waals surface area contributed by atoms with Gasteiger partial charge in [0.05, 0.1) is 16.7 Å². The molecular formula is C40H61BN2O6. The molecule has 1 heterocycles. The third kappa shape index (κ3) is 9.49. The van der Waals surface area contributed by atoms with Crippen molar-refractivity contribution in [1.82, 2.24) is 9.80 Å². The first kappa shape index (κ1) is 40.1. The zero-order valence-electron chi connectivity index (χ0n) is 31.7. The molecule has 0 atom stereocenters.